The molecule has 0 atom stereocenters. The van der Waals surface area contributed by atoms with Gasteiger partial charge in [-0.3, -0.25) is 0 Å². The molecule has 254 valence electrons. The van der Waals surface area contributed by atoms with E-state index in [1.165, 1.54) is 82.0 Å². The summed E-state index contributed by atoms with van der Waals surface area (Å²) >= 11 is 0. The first-order valence-corrected chi connectivity index (χ1v) is 19.1. The van der Waals surface area contributed by atoms with E-state index in [2.05, 4.69) is 210 Å². The van der Waals surface area contributed by atoms with Gasteiger partial charge in [0.25, 0.3) is 0 Å². The molecule has 3 heteroatoms. The molecule has 0 spiro atoms. The minimum absolute atomic E-state index is 0.0980. The number of nitrogens with zero attached hydrogens (tertiary/aromatic N) is 2. The van der Waals surface area contributed by atoms with Gasteiger partial charge in [0.2, 0.25) is 6.71 Å². The number of benzene rings is 10. The van der Waals surface area contributed by atoms with Crippen LogP contribution >= 0.6 is 0 Å². The SMILES string of the molecule is c1ccc(N(c2cc3c4c(c2)N(c2ccc5ccccc5c2)c2cc5ccccc5cc2B4c2cc4ccccc4cc2-3)c2ccc3ccccc3c2)cc1. The molecule has 0 N–H and O–H groups in total. The molecule has 2 aliphatic rings. The molecule has 0 fully saturated rings. The van der Waals surface area contributed by atoms with Gasteiger partial charge in [0.15, 0.2) is 0 Å². The summed E-state index contributed by atoms with van der Waals surface area (Å²) in [6.07, 6.45) is 0. The fraction of sp³-hybridized carbons (Fsp3) is 0. The summed E-state index contributed by atoms with van der Waals surface area (Å²) in [6.45, 7) is 0.0980. The highest BCUT2D eigenvalue weighted by Crippen LogP contribution is 2.47. The maximum atomic E-state index is 2.54. The van der Waals surface area contributed by atoms with Crippen molar-refractivity contribution < 1.29 is 0 Å². The Kier molecular flexibility index (Phi) is 6.46. The minimum Gasteiger partial charge on any atom is -0.311 e. The van der Waals surface area contributed by atoms with Crippen LogP contribution < -0.4 is 26.2 Å². The van der Waals surface area contributed by atoms with Crippen molar-refractivity contribution in [2.45, 2.75) is 0 Å². The monoisotopic (exact) mass is 696 g/mol. The van der Waals surface area contributed by atoms with E-state index in [1.54, 1.807) is 0 Å². The lowest BCUT2D eigenvalue weighted by Crippen LogP contribution is -2.54. The Morgan fingerprint density at radius 3 is 1.56 bits per heavy atom. The van der Waals surface area contributed by atoms with Crippen LogP contribution in [0.15, 0.2) is 200 Å². The molecule has 0 bridgehead atoms. The number of fused-ring (bicyclic) bond motifs is 9. The van der Waals surface area contributed by atoms with E-state index in [-0.39, 0.29) is 6.71 Å². The summed E-state index contributed by atoms with van der Waals surface area (Å²) in [7, 11) is 0. The highest BCUT2D eigenvalue weighted by atomic mass is 15.2. The summed E-state index contributed by atoms with van der Waals surface area (Å²) < 4.78 is 0. The molecular weight excluding hydrogens is 663 g/mol. The zero-order chi connectivity index (χ0) is 36.0. The van der Waals surface area contributed by atoms with E-state index >= 15 is 0 Å². The predicted molar refractivity (Wildman–Crippen MR) is 236 cm³/mol. The smallest absolute Gasteiger partial charge is 0.248 e. The standard InChI is InChI=1S/C52H33BN2/c1-2-20-42(21-3-1)54(43-24-22-34-12-4-6-14-36(34)26-43)45-32-47-46-28-38-16-8-9-17-39(38)29-48(46)53-49-30-40-18-10-11-19-41(40)31-50(49)55(51(33-45)52(47)53)44-25-23-35-13-5-7-15-37(35)27-44/h1-33H. The molecular formula is C52H33BN2. The molecule has 0 saturated carbocycles. The van der Waals surface area contributed by atoms with Gasteiger partial charge in [0.1, 0.15) is 0 Å². The quantitative estimate of drug-likeness (QED) is 0.169. The van der Waals surface area contributed by atoms with Crippen molar-refractivity contribution in [2.24, 2.45) is 0 Å². The van der Waals surface area contributed by atoms with Gasteiger partial charge in [0.05, 0.1) is 0 Å². The first-order valence-electron chi connectivity index (χ1n) is 19.1. The summed E-state index contributed by atoms with van der Waals surface area (Å²) in [5, 5.41) is 9.97. The zero-order valence-electron chi connectivity index (χ0n) is 30.0. The van der Waals surface area contributed by atoms with Crippen molar-refractivity contribution in [3.05, 3.63) is 200 Å². The van der Waals surface area contributed by atoms with Crippen LogP contribution in [0.4, 0.5) is 34.1 Å². The van der Waals surface area contributed by atoms with Gasteiger partial charge in [-0.15, -0.1) is 0 Å². The lowest BCUT2D eigenvalue weighted by atomic mass is 9.37. The van der Waals surface area contributed by atoms with E-state index in [0.717, 1.165) is 22.7 Å². The number of para-hydroxylation sites is 1. The van der Waals surface area contributed by atoms with Gasteiger partial charge in [-0.05, 0) is 126 Å². The first kappa shape index (κ1) is 30.4. The summed E-state index contributed by atoms with van der Waals surface area (Å²) in [6, 6.07) is 74.3. The molecule has 2 aliphatic heterocycles. The second-order valence-corrected chi connectivity index (χ2v) is 15.0. The van der Waals surface area contributed by atoms with Crippen LogP contribution in [-0.2, 0) is 0 Å². The van der Waals surface area contributed by atoms with Gasteiger partial charge < -0.3 is 9.80 Å². The van der Waals surface area contributed by atoms with Crippen LogP contribution in [0.3, 0.4) is 0 Å². The Labute approximate surface area is 320 Å². The highest BCUT2D eigenvalue weighted by molar-refractivity contribution is 7.01. The number of rotatable bonds is 4. The lowest BCUT2D eigenvalue weighted by Gasteiger charge is -2.37. The molecule has 0 saturated heterocycles. The Hall–Kier alpha value is -7.10. The molecule has 0 radical (unpaired) electrons. The second kappa shape index (κ2) is 11.7. The van der Waals surface area contributed by atoms with Crippen molar-refractivity contribution >= 4 is 100 Å². The van der Waals surface area contributed by atoms with Crippen LogP contribution in [0.5, 0.6) is 0 Å². The van der Waals surface area contributed by atoms with E-state index in [0.29, 0.717) is 0 Å². The Balaban J connectivity index is 1.20. The Bertz CT molecular complexity index is 3190. The molecule has 0 aromatic heterocycles. The van der Waals surface area contributed by atoms with Crippen molar-refractivity contribution in [3.63, 3.8) is 0 Å². The van der Waals surface area contributed by atoms with E-state index in [4.69, 9.17) is 0 Å². The molecule has 2 heterocycles. The van der Waals surface area contributed by atoms with Gasteiger partial charge in [-0.2, -0.15) is 0 Å². The summed E-state index contributed by atoms with van der Waals surface area (Å²) in [5.41, 5.74) is 13.7. The third kappa shape index (κ3) is 4.63. The van der Waals surface area contributed by atoms with Gasteiger partial charge in [0, 0.05) is 34.1 Å². The topological polar surface area (TPSA) is 6.48 Å². The van der Waals surface area contributed by atoms with Crippen molar-refractivity contribution in [3.8, 4) is 11.1 Å². The largest absolute Gasteiger partial charge is 0.311 e. The molecule has 12 rings (SSSR count). The maximum Gasteiger partial charge on any atom is 0.248 e. The van der Waals surface area contributed by atoms with Crippen LogP contribution in [0, 0.1) is 0 Å². The van der Waals surface area contributed by atoms with Crippen molar-refractivity contribution in [1.29, 1.82) is 0 Å². The van der Waals surface area contributed by atoms with Crippen LogP contribution in [0.2, 0.25) is 0 Å². The molecule has 10 aromatic rings. The van der Waals surface area contributed by atoms with Crippen molar-refractivity contribution in [2.75, 3.05) is 9.80 Å². The Morgan fingerprint density at radius 1 is 0.327 bits per heavy atom. The fourth-order valence-electron chi connectivity index (χ4n) is 9.41. The average molecular weight is 697 g/mol. The van der Waals surface area contributed by atoms with E-state index < -0.39 is 0 Å². The number of hydrogen-bond acceptors (Lipinski definition) is 2. The molecule has 2 nitrogen and oxygen atoms in total. The van der Waals surface area contributed by atoms with E-state index in [1.807, 2.05) is 0 Å². The van der Waals surface area contributed by atoms with Crippen molar-refractivity contribution in [1.82, 2.24) is 0 Å². The minimum atomic E-state index is 0.0980. The summed E-state index contributed by atoms with van der Waals surface area (Å²) in [5.74, 6) is 0. The number of hydrogen-bond donors (Lipinski definition) is 0. The third-order valence-corrected chi connectivity index (χ3v) is 11.9. The normalized spacial score (nSPS) is 12.7. The maximum absolute atomic E-state index is 2.54. The Morgan fingerprint density at radius 2 is 0.873 bits per heavy atom. The predicted octanol–water partition coefficient (Wildman–Crippen LogP) is 12.0. The lowest BCUT2D eigenvalue weighted by molar-refractivity contribution is 1.26. The van der Waals surface area contributed by atoms with Crippen LogP contribution in [0.25, 0.3) is 54.2 Å². The molecule has 0 unspecified atom stereocenters. The van der Waals surface area contributed by atoms with E-state index in [9.17, 15) is 0 Å². The van der Waals surface area contributed by atoms with Gasteiger partial charge in [-0.1, -0.05) is 145 Å². The van der Waals surface area contributed by atoms with Gasteiger partial charge in [-0.25, -0.2) is 0 Å². The number of anilines is 6. The highest BCUT2D eigenvalue weighted by Gasteiger charge is 2.43. The first-order chi connectivity index (χ1) is 27.2. The molecule has 0 amide bonds. The van der Waals surface area contributed by atoms with Gasteiger partial charge >= 0.3 is 0 Å². The zero-order valence-corrected chi connectivity index (χ0v) is 30.0. The molecule has 55 heavy (non-hydrogen) atoms. The second-order valence-electron chi connectivity index (χ2n) is 15.0. The molecule has 0 aliphatic carbocycles. The fourth-order valence-corrected chi connectivity index (χ4v) is 9.41. The summed E-state index contributed by atoms with van der Waals surface area (Å²) in [4.78, 5) is 4.98. The van der Waals surface area contributed by atoms with Crippen LogP contribution in [0.1, 0.15) is 0 Å². The average Bonchev–Trinajstić information content (AvgIpc) is 3.56. The third-order valence-electron chi connectivity index (χ3n) is 11.9. The van der Waals surface area contributed by atoms with Crippen LogP contribution in [-0.4, -0.2) is 6.71 Å². The molecule has 10 aromatic carbocycles.